The highest BCUT2D eigenvalue weighted by molar-refractivity contribution is 14.2. The van der Waals surface area contributed by atoms with Gasteiger partial charge in [-0.3, -0.25) is 3.97 Å². The van der Waals surface area contributed by atoms with Gasteiger partial charge in [-0.2, -0.15) is 0 Å². The fourth-order valence-electron chi connectivity index (χ4n) is 1.50. The van der Waals surface area contributed by atoms with Crippen molar-refractivity contribution in [2.24, 2.45) is 0 Å². The third-order valence-electron chi connectivity index (χ3n) is 2.15. The van der Waals surface area contributed by atoms with Crippen LogP contribution in [0.1, 0.15) is 5.56 Å². The van der Waals surface area contributed by atoms with Crippen LogP contribution < -0.4 is 0 Å². The molecule has 2 aromatic rings. The second-order valence-corrected chi connectivity index (χ2v) is 4.68. The van der Waals surface area contributed by atoms with E-state index in [0.29, 0.717) is 11.1 Å². The lowest BCUT2D eigenvalue weighted by molar-refractivity contribution is 0.282. The first-order valence-corrected chi connectivity index (χ1v) is 7.38. The van der Waals surface area contributed by atoms with Crippen LogP contribution in [0.5, 0.6) is 0 Å². The Morgan fingerprint density at radius 3 is 2.80 bits per heavy atom. The molecule has 2 nitrogen and oxygen atoms in total. The molecule has 6 heteroatoms. The highest BCUT2D eigenvalue weighted by Gasteiger charge is 2.15. The molecule has 0 unspecified atom stereocenters. The van der Waals surface area contributed by atoms with Crippen molar-refractivity contribution in [3.8, 4) is 0 Å². The number of hydrogen-bond donors (Lipinski definition) is 1. The van der Waals surface area contributed by atoms with Gasteiger partial charge >= 0.3 is 0 Å². The topological polar surface area (TPSA) is 25.2 Å². The summed E-state index contributed by atoms with van der Waals surface area (Å²) < 4.78 is 28.2. The first kappa shape index (κ1) is 11.2. The number of benzene rings is 1. The Hall–Kier alpha value is -0.340. The molecule has 0 aliphatic heterocycles. The normalized spacial score (nSPS) is 11.2. The van der Waals surface area contributed by atoms with Gasteiger partial charge in [-0.05, 0) is 12.1 Å². The molecule has 80 valence electrons. The van der Waals surface area contributed by atoms with E-state index >= 15 is 0 Å². The minimum atomic E-state index is -0.928. The molecule has 1 N–H and O–H groups in total. The number of rotatable bonds is 2. The SMILES string of the molecule is OCc1cc(F)c(F)c2ccn(SI)c12. The highest BCUT2D eigenvalue weighted by atomic mass is 127. The van der Waals surface area contributed by atoms with Gasteiger partial charge in [0.1, 0.15) is 0 Å². The number of hydrogen-bond acceptors (Lipinski definition) is 2. The smallest absolute Gasteiger partial charge is 0.168 e. The summed E-state index contributed by atoms with van der Waals surface area (Å²) in [7, 11) is 1.34. The first-order chi connectivity index (χ1) is 7.19. The molecule has 0 bridgehead atoms. The third kappa shape index (κ3) is 1.74. The Balaban J connectivity index is 2.86. The van der Waals surface area contributed by atoms with Crippen LogP contribution >= 0.6 is 30.3 Å². The summed E-state index contributed by atoms with van der Waals surface area (Å²) in [6, 6.07) is 2.53. The van der Waals surface area contributed by atoms with Crippen molar-refractivity contribution < 1.29 is 13.9 Å². The number of halogens is 3. The quantitative estimate of drug-likeness (QED) is 0.849. The van der Waals surface area contributed by atoms with Crippen molar-refractivity contribution in [2.45, 2.75) is 6.61 Å². The number of aromatic nitrogens is 1. The van der Waals surface area contributed by atoms with Gasteiger partial charge < -0.3 is 5.11 Å². The van der Waals surface area contributed by atoms with Gasteiger partial charge in [0.15, 0.2) is 11.6 Å². The molecular weight excluding hydrogens is 335 g/mol. The maximum atomic E-state index is 13.4. The second kappa shape index (κ2) is 4.26. The molecule has 0 aliphatic rings. The van der Waals surface area contributed by atoms with Gasteiger partial charge in [-0.1, -0.05) is 0 Å². The van der Waals surface area contributed by atoms with E-state index in [1.165, 1.54) is 15.2 Å². The van der Waals surface area contributed by atoms with E-state index < -0.39 is 11.6 Å². The minimum absolute atomic E-state index is 0.197. The van der Waals surface area contributed by atoms with Gasteiger partial charge in [0.2, 0.25) is 0 Å². The lowest BCUT2D eigenvalue weighted by atomic mass is 10.1. The molecule has 1 heterocycles. The molecule has 1 aromatic carbocycles. The molecular formula is C9H6F2INOS. The van der Waals surface area contributed by atoms with Crippen molar-refractivity contribution in [1.82, 2.24) is 3.97 Å². The summed E-state index contributed by atoms with van der Waals surface area (Å²) in [5.74, 6) is -1.80. The predicted molar refractivity (Wildman–Crippen MR) is 64.8 cm³/mol. The third-order valence-corrected chi connectivity index (χ3v) is 3.87. The zero-order valence-electron chi connectivity index (χ0n) is 7.38. The molecule has 0 aliphatic carbocycles. The van der Waals surface area contributed by atoms with E-state index in [2.05, 4.69) is 0 Å². The van der Waals surface area contributed by atoms with E-state index in [1.807, 2.05) is 21.2 Å². The summed E-state index contributed by atoms with van der Waals surface area (Å²) in [6.07, 6.45) is 1.64. The zero-order chi connectivity index (χ0) is 11.0. The van der Waals surface area contributed by atoms with Crippen LogP contribution in [-0.2, 0) is 6.61 Å². The molecule has 2 rings (SSSR count). The Bertz CT molecular complexity index is 514. The Kier molecular flexibility index (Phi) is 3.17. The van der Waals surface area contributed by atoms with Crippen LogP contribution in [0.15, 0.2) is 18.3 Å². The van der Waals surface area contributed by atoms with Gasteiger partial charge in [0.25, 0.3) is 0 Å². The van der Waals surface area contributed by atoms with Crippen molar-refractivity contribution in [1.29, 1.82) is 0 Å². The zero-order valence-corrected chi connectivity index (χ0v) is 10.3. The van der Waals surface area contributed by atoms with Crippen molar-refractivity contribution >= 4 is 41.2 Å². The Morgan fingerprint density at radius 1 is 1.47 bits per heavy atom. The van der Waals surface area contributed by atoms with Gasteiger partial charge in [0, 0.05) is 47.5 Å². The van der Waals surface area contributed by atoms with E-state index in [4.69, 9.17) is 5.11 Å². The maximum Gasteiger partial charge on any atom is 0.168 e. The van der Waals surface area contributed by atoms with Crippen LogP contribution in [0.3, 0.4) is 0 Å². The minimum Gasteiger partial charge on any atom is -0.392 e. The van der Waals surface area contributed by atoms with Crippen molar-refractivity contribution in [3.05, 3.63) is 35.5 Å². The predicted octanol–water partition coefficient (Wildman–Crippen LogP) is 3.26. The van der Waals surface area contributed by atoms with Crippen LogP contribution in [-0.4, -0.2) is 9.08 Å². The molecule has 1 aromatic heterocycles. The standard InChI is InChI=1S/C9H6F2INOS/c10-7-3-5(4-14)9-6(8(7)11)1-2-13(9)15-12/h1-3,14H,4H2. The number of aliphatic hydroxyl groups excluding tert-OH is 1. The molecule has 0 radical (unpaired) electrons. The Labute approximate surface area is 101 Å². The number of nitrogens with zero attached hydrogens (tertiary/aromatic N) is 1. The summed E-state index contributed by atoms with van der Waals surface area (Å²) in [4.78, 5) is 0. The summed E-state index contributed by atoms with van der Waals surface area (Å²) >= 11 is 2.03. The molecule has 0 spiro atoms. The molecule has 0 saturated carbocycles. The fraction of sp³-hybridized carbons (Fsp3) is 0.111. The van der Waals surface area contributed by atoms with Crippen LogP contribution in [0.2, 0.25) is 0 Å². The average Bonchev–Trinajstić information content (AvgIpc) is 2.67. The lowest BCUT2D eigenvalue weighted by Gasteiger charge is -2.05. The van der Waals surface area contributed by atoms with Gasteiger partial charge in [0.05, 0.1) is 12.1 Å². The van der Waals surface area contributed by atoms with Crippen LogP contribution in [0.4, 0.5) is 8.78 Å². The summed E-state index contributed by atoms with van der Waals surface area (Å²) in [5, 5.41) is 9.27. The molecule has 15 heavy (non-hydrogen) atoms. The molecule has 0 fully saturated rings. The number of fused-ring (bicyclic) bond motifs is 1. The average molecular weight is 341 g/mol. The van der Waals surface area contributed by atoms with E-state index in [1.54, 1.807) is 10.2 Å². The van der Waals surface area contributed by atoms with Crippen molar-refractivity contribution in [2.75, 3.05) is 0 Å². The Morgan fingerprint density at radius 2 is 2.20 bits per heavy atom. The molecule has 0 amide bonds. The largest absolute Gasteiger partial charge is 0.392 e. The van der Waals surface area contributed by atoms with Gasteiger partial charge in [-0.25, -0.2) is 8.78 Å². The monoisotopic (exact) mass is 341 g/mol. The van der Waals surface area contributed by atoms with Gasteiger partial charge in [-0.15, -0.1) is 0 Å². The molecule has 0 atom stereocenters. The highest BCUT2D eigenvalue weighted by Crippen LogP contribution is 2.30. The van der Waals surface area contributed by atoms with E-state index in [9.17, 15) is 8.78 Å². The summed E-state index contributed by atoms with van der Waals surface area (Å²) in [5.41, 5.74) is 0.911. The lowest BCUT2D eigenvalue weighted by Crippen LogP contribution is -1.94. The van der Waals surface area contributed by atoms with E-state index in [-0.39, 0.29) is 12.0 Å². The van der Waals surface area contributed by atoms with Crippen LogP contribution in [0.25, 0.3) is 10.9 Å². The first-order valence-electron chi connectivity index (χ1n) is 4.07. The van der Waals surface area contributed by atoms with Crippen LogP contribution in [0, 0.1) is 11.6 Å². The maximum absolute atomic E-state index is 13.4. The second-order valence-electron chi connectivity index (χ2n) is 2.96. The molecule has 0 saturated heterocycles. The van der Waals surface area contributed by atoms with Crippen molar-refractivity contribution in [3.63, 3.8) is 0 Å². The summed E-state index contributed by atoms with van der Waals surface area (Å²) in [6.45, 7) is -0.311. The van der Waals surface area contributed by atoms with E-state index in [0.717, 1.165) is 6.07 Å². The fourth-order valence-corrected chi connectivity index (χ4v) is 2.87. The number of aliphatic hydroxyl groups is 1.